The lowest BCUT2D eigenvalue weighted by molar-refractivity contribution is 0.601. The van der Waals surface area contributed by atoms with Crippen LogP contribution in [0.25, 0.3) is 0 Å². The van der Waals surface area contributed by atoms with Crippen LogP contribution in [0.4, 0.5) is 11.4 Å². The van der Waals surface area contributed by atoms with E-state index in [1.54, 1.807) is 7.05 Å². The van der Waals surface area contributed by atoms with E-state index in [4.69, 9.17) is 11.0 Å². The van der Waals surface area contributed by atoms with Crippen molar-refractivity contribution in [3.8, 4) is 6.07 Å². The molecule has 0 saturated carbocycles. The molecule has 7 nitrogen and oxygen atoms in total. The van der Waals surface area contributed by atoms with Gasteiger partial charge in [0.15, 0.2) is 0 Å². The number of hydrogen-bond acceptors (Lipinski definition) is 5. The van der Waals surface area contributed by atoms with Gasteiger partial charge in [0.05, 0.1) is 29.2 Å². The summed E-state index contributed by atoms with van der Waals surface area (Å²) in [7, 11) is -2.12. The van der Waals surface area contributed by atoms with Crippen molar-refractivity contribution in [3.05, 3.63) is 36.2 Å². The van der Waals surface area contributed by atoms with E-state index >= 15 is 0 Å². The summed E-state index contributed by atoms with van der Waals surface area (Å²) in [6.45, 7) is 0. The molecule has 0 aliphatic heterocycles. The van der Waals surface area contributed by atoms with Gasteiger partial charge in [-0.25, -0.2) is 8.42 Å². The van der Waals surface area contributed by atoms with Crippen LogP contribution in [-0.4, -0.2) is 18.2 Å². The molecule has 0 bridgehead atoms. The van der Waals surface area contributed by atoms with E-state index in [0.29, 0.717) is 11.3 Å². The van der Waals surface area contributed by atoms with Gasteiger partial charge in [-0.1, -0.05) is 0 Å². The van der Waals surface area contributed by atoms with Crippen LogP contribution >= 0.6 is 0 Å². The summed E-state index contributed by atoms with van der Waals surface area (Å²) in [5, 5.41) is 12.6. The fraction of sp³-hybridized carbons (Fsp3) is 0.0909. The molecule has 1 aromatic carbocycles. The minimum Gasteiger partial charge on any atom is -0.398 e. The molecule has 1 heterocycles. The van der Waals surface area contributed by atoms with E-state index in [1.807, 2.05) is 6.07 Å². The molecule has 0 spiro atoms. The number of aromatic nitrogens is 2. The molecule has 0 amide bonds. The van der Waals surface area contributed by atoms with E-state index in [2.05, 4.69) is 9.82 Å². The van der Waals surface area contributed by atoms with Crippen molar-refractivity contribution in [2.75, 3.05) is 10.5 Å². The predicted octanol–water partition coefficient (Wildman–Crippen LogP) is 0.675. The Kier molecular flexibility index (Phi) is 3.14. The van der Waals surface area contributed by atoms with E-state index in [0.717, 1.165) is 0 Å². The van der Waals surface area contributed by atoms with E-state index < -0.39 is 10.0 Å². The largest absolute Gasteiger partial charge is 0.398 e. The predicted molar refractivity (Wildman–Crippen MR) is 69.6 cm³/mol. The Bertz CT molecular complexity index is 758. The van der Waals surface area contributed by atoms with Crippen LogP contribution in [0.3, 0.4) is 0 Å². The monoisotopic (exact) mass is 277 g/mol. The fourth-order valence-electron chi connectivity index (χ4n) is 1.55. The Balaban J connectivity index is 2.37. The highest BCUT2D eigenvalue weighted by Gasteiger charge is 2.18. The van der Waals surface area contributed by atoms with Gasteiger partial charge < -0.3 is 5.73 Å². The van der Waals surface area contributed by atoms with Crippen molar-refractivity contribution >= 4 is 21.4 Å². The number of nitrogens with one attached hydrogen (secondary N) is 1. The first-order chi connectivity index (χ1) is 8.92. The molecule has 8 heteroatoms. The molecule has 0 unspecified atom stereocenters. The summed E-state index contributed by atoms with van der Waals surface area (Å²) in [6.07, 6.45) is 2.91. The Labute approximate surface area is 110 Å². The number of benzene rings is 1. The summed E-state index contributed by atoms with van der Waals surface area (Å²) in [5.74, 6) is 0. The Hall–Kier alpha value is -2.53. The van der Waals surface area contributed by atoms with Crippen molar-refractivity contribution in [1.82, 2.24) is 9.78 Å². The molecular weight excluding hydrogens is 266 g/mol. The number of nitrogens with two attached hydrogens (primary N) is 1. The Morgan fingerprint density at radius 2 is 2.21 bits per heavy atom. The standard InChI is InChI=1S/C11H11N5O2S/c1-16-7-9(6-14-16)15-19(17,18)11-3-2-8(5-12)4-10(11)13/h2-4,6-7,15H,13H2,1H3. The second-order valence-corrected chi connectivity index (χ2v) is 5.52. The quantitative estimate of drug-likeness (QED) is 0.800. The van der Waals surface area contributed by atoms with Gasteiger partial charge >= 0.3 is 0 Å². The molecule has 0 atom stereocenters. The number of sulfonamides is 1. The number of nitrogens with zero attached hydrogens (tertiary/aromatic N) is 3. The van der Waals surface area contributed by atoms with Gasteiger partial charge in [0.1, 0.15) is 4.90 Å². The zero-order valence-electron chi connectivity index (χ0n) is 10.0. The van der Waals surface area contributed by atoms with Gasteiger partial charge in [0.25, 0.3) is 10.0 Å². The zero-order chi connectivity index (χ0) is 14.0. The average Bonchev–Trinajstić information content (AvgIpc) is 2.73. The molecule has 98 valence electrons. The van der Waals surface area contributed by atoms with Crippen LogP contribution in [0.5, 0.6) is 0 Å². The minimum absolute atomic E-state index is 0.0236. The molecule has 0 saturated heterocycles. The van der Waals surface area contributed by atoms with Gasteiger partial charge in [-0.15, -0.1) is 0 Å². The lowest BCUT2D eigenvalue weighted by Crippen LogP contribution is -2.14. The Morgan fingerprint density at radius 1 is 1.47 bits per heavy atom. The number of rotatable bonds is 3. The molecule has 3 N–H and O–H groups in total. The lowest BCUT2D eigenvalue weighted by atomic mass is 10.2. The molecule has 19 heavy (non-hydrogen) atoms. The van der Waals surface area contributed by atoms with Gasteiger partial charge in [-0.2, -0.15) is 10.4 Å². The summed E-state index contributed by atoms with van der Waals surface area (Å²) >= 11 is 0. The number of anilines is 2. The average molecular weight is 277 g/mol. The van der Waals surface area contributed by atoms with Gasteiger partial charge in [-0.05, 0) is 18.2 Å². The molecule has 1 aromatic heterocycles. The van der Waals surface area contributed by atoms with Gasteiger partial charge in [-0.3, -0.25) is 9.40 Å². The van der Waals surface area contributed by atoms with Crippen LogP contribution in [0, 0.1) is 11.3 Å². The topological polar surface area (TPSA) is 114 Å². The highest BCUT2D eigenvalue weighted by atomic mass is 32.2. The summed E-state index contributed by atoms with van der Waals surface area (Å²) in [5.41, 5.74) is 6.32. The summed E-state index contributed by atoms with van der Waals surface area (Å²) in [6, 6.07) is 5.90. The van der Waals surface area contributed by atoms with Crippen molar-refractivity contribution in [2.24, 2.45) is 7.05 Å². The maximum absolute atomic E-state index is 12.1. The smallest absolute Gasteiger partial charge is 0.264 e. The summed E-state index contributed by atoms with van der Waals surface area (Å²) < 4.78 is 28.1. The Morgan fingerprint density at radius 3 is 2.74 bits per heavy atom. The lowest BCUT2D eigenvalue weighted by Gasteiger charge is -2.08. The number of nitrogen functional groups attached to an aromatic ring is 1. The second kappa shape index (κ2) is 4.62. The number of aryl methyl sites for hydroxylation is 1. The molecule has 2 aromatic rings. The van der Waals surface area contributed by atoms with Crippen LogP contribution < -0.4 is 10.5 Å². The molecule has 2 rings (SSSR count). The zero-order valence-corrected chi connectivity index (χ0v) is 10.8. The third-order valence-corrected chi connectivity index (χ3v) is 3.84. The molecule has 0 aliphatic rings. The summed E-state index contributed by atoms with van der Waals surface area (Å²) in [4.78, 5) is -0.0737. The van der Waals surface area contributed by atoms with Crippen molar-refractivity contribution < 1.29 is 8.42 Å². The number of nitriles is 1. The van der Waals surface area contributed by atoms with Crippen molar-refractivity contribution in [1.29, 1.82) is 5.26 Å². The van der Waals surface area contributed by atoms with E-state index in [1.165, 1.54) is 35.3 Å². The first-order valence-corrected chi connectivity index (χ1v) is 6.72. The van der Waals surface area contributed by atoms with Crippen LogP contribution in [0.2, 0.25) is 0 Å². The number of hydrogen-bond donors (Lipinski definition) is 2. The van der Waals surface area contributed by atoms with Gasteiger partial charge in [0.2, 0.25) is 0 Å². The first-order valence-electron chi connectivity index (χ1n) is 5.23. The van der Waals surface area contributed by atoms with E-state index in [9.17, 15) is 8.42 Å². The third kappa shape index (κ3) is 2.66. The fourth-order valence-corrected chi connectivity index (χ4v) is 2.69. The van der Waals surface area contributed by atoms with Crippen LogP contribution in [0.1, 0.15) is 5.56 Å². The third-order valence-electron chi connectivity index (χ3n) is 2.39. The maximum atomic E-state index is 12.1. The molecular formula is C11H11N5O2S. The minimum atomic E-state index is -3.79. The van der Waals surface area contributed by atoms with Crippen molar-refractivity contribution in [2.45, 2.75) is 4.90 Å². The van der Waals surface area contributed by atoms with Crippen molar-refractivity contribution in [3.63, 3.8) is 0 Å². The SMILES string of the molecule is Cn1cc(NS(=O)(=O)c2ccc(C#N)cc2N)cn1. The van der Waals surface area contributed by atoms with Gasteiger partial charge in [0, 0.05) is 13.2 Å². The van der Waals surface area contributed by atoms with E-state index in [-0.39, 0.29) is 10.6 Å². The highest BCUT2D eigenvalue weighted by Crippen LogP contribution is 2.22. The second-order valence-electron chi connectivity index (χ2n) is 3.87. The maximum Gasteiger partial charge on any atom is 0.264 e. The van der Waals surface area contributed by atoms with Crippen LogP contribution in [-0.2, 0) is 17.1 Å². The normalized spacial score (nSPS) is 10.9. The highest BCUT2D eigenvalue weighted by molar-refractivity contribution is 7.92. The molecule has 0 aliphatic carbocycles. The van der Waals surface area contributed by atoms with Crippen LogP contribution in [0.15, 0.2) is 35.5 Å². The first kappa shape index (κ1) is 12.9. The molecule has 0 radical (unpaired) electrons. The molecule has 0 fully saturated rings.